The molecule has 0 aliphatic carbocycles. The Morgan fingerprint density at radius 3 is 2.83 bits per heavy atom. The molecule has 0 aromatic rings. The highest BCUT2D eigenvalue weighted by atomic mass is 19.4. The van der Waals surface area contributed by atoms with Crippen LogP contribution in [-0.4, -0.2) is 29.4 Å². The molecule has 1 amide bonds. The average Bonchev–Trinajstić information content (AvgIpc) is 2.60. The Morgan fingerprint density at radius 2 is 2.11 bits per heavy atom. The maximum Gasteiger partial charge on any atom is 0.449 e. The van der Waals surface area contributed by atoms with Crippen molar-refractivity contribution in [2.24, 2.45) is 4.99 Å². The summed E-state index contributed by atoms with van der Waals surface area (Å²) in [5.41, 5.74) is 1.45. The molecule has 94 valence electrons. The predicted octanol–water partition coefficient (Wildman–Crippen LogP) is 1.45. The van der Waals surface area contributed by atoms with Gasteiger partial charge in [0.25, 0.3) is 0 Å². The molecule has 3 aliphatic heterocycles. The molecule has 7 heteroatoms. The Morgan fingerprint density at radius 1 is 1.33 bits per heavy atom. The van der Waals surface area contributed by atoms with E-state index in [2.05, 4.69) is 10.3 Å². The van der Waals surface area contributed by atoms with Gasteiger partial charge in [-0.05, 0) is 6.08 Å². The number of hydrogen-bond donors (Lipinski definition) is 1. The van der Waals surface area contributed by atoms with Crippen LogP contribution in [0.5, 0.6) is 0 Å². The predicted molar refractivity (Wildman–Crippen MR) is 57.2 cm³/mol. The van der Waals surface area contributed by atoms with E-state index >= 15 is 0 Å². The molecular weight excluding hydrogens is 247 g/mol. The van der Waals surface area contributed by atoms with Gasteiger partial charge in [0.05, 0.1) is 5.70 Å². The highest BCUT2D eigenvalue weighted by Crippen LogP contribution is 2.36. The number of nitrogens with one attached hydrogen (secondary N) is 1. The van der Waals surface area contributed by atoms with Crippen molar-refractivity contribution in [1.82, 2.24) is 10.2 Å². The largest absolute Gasteiger partial charge is 0.449 e. The van der Waals surface area contributed by atoms with Crippen LogP contribution in [0.2, 0.25) is 0 Å². The van der Waals surface area contributed by atoms with Gasteiger partial charge in [-0.15, -0.1) is 0 Å². The van der Waals surface area contributed by atoms with E-state index in [0.717, 1.165) is 11.1 Å². The smallest absolute Gasteiger partial charge is 0.324 e. The van der Waals surface area contributed by atoms with E-state index in [-0.39, 0.29) is 12.5 Å². The number of amidine groups is 1. The molecule has 0 aromatic carbocycles. The molecule has 3 heterocycles. The van der Waals surface area contributed by atoms with Crippen LogP contribution < -0.4 is 5.32 Å². The summed E-state index contributed by atoms with van der Waals surface area (Å²) in [4.78, 5) is 15.9. The maximum absolute atomic E-state index is 12.8. The van der Waals surface area contributed by atoms with Gasteiger partial charge in [0.1, 0.15) is 0 Å². The Bertz CT molecular complexity index is 554. The summed E-state index contributed by atoms with van der Waals surface area (Å²) in [6, 6.07) is 0. The fourth-order valence-corrected chi connectivity index (χ4v) is 2.25. The molecule has 1 N–H and O–H groups in total. The van der Waals surface area contributed by atoms with Gasteiger partial charge < -0.3 is 10.2 Å². The molecule has 0 bridgehead atoms. The van der Waals surface area contributed by atoms with Crippen molar-refractivity contribution < 1.29 is 18.0 Å². The Labute approximate surface area is 100 Å². The second-order valence-electron chi connectivity index (χ2n) is 4.09. The van der Waals surface area contributed by atoms with E-state index in [1.165, 1.54) is 12.2 Å². The first kappa shape index (κ1) is 11.1. The van der Waals surface area contributed by atoms with Crippen molar-refractivity contribution in [2.75, 3.05) is 6.54 Å². The normalized spacial score (nSPS) is 22.4. The van der Waals surface area contributed by atoms with Crippen LogP contribution in [0.15, 0.2) is 40.3 Å². The highest BCUT2D eigenvalue weighted by Gasteiger charge is 2.45. The first-order valence-corrected chi connectivity index (χ1v) is 5.32. The number of rotatable bonds is 0. The van der Waals surface area contributed by atoms with Gasteiger partial charge >= 0.3 is 6.18 Å². The van der Waals surface area contributed by atoms with Gasteiger partial charge in [0, 0.05) is 36.5 Å². The van der Waals surface area contributed by atoms with Gasteiger partial charge in [0.15, 0.2) is 0 Å². The molecule has 0 fully saturated rings. The first-order valence-electron chi connectivity index (χ1n) is 5.32. The minimum atomic E-state index is -4.50. The van der Waals surface area contributed by atoms with Crippen molar-refractivity contribution in [3.05, 3.63) is 35.3 Å². The summed E-state index contributed by atoms with van der Waals surface area (Å²) < 4.78 is 38.4. The van der Waals surface area contributed by atoms with Crippen LogP contribution in [-0.2, 0) is 4.79 Å². The minimum Gasteiger partial charge on any atom is -0.324 e. The van der Waals surface area contributed by atoms with E-state index in [0.29, 0.717) is 23.4 Å². The van der Waals surface area contributed by atoms with E-state index in [1.807, 2.05) is 0 Å². The number of hydrogen-bond acceptors (Lipinski definition) is 3. The second kappa shape index (κ2) is 3.47. The van der Waals surface area contributed by atoms with E-state index in [4.69, 9.17) is 0 Å². The zero-order valence-corrected chi connectivity index (χ0v) is 9.08. The average molecular weight is 255 g/mol. The van der Waals surface area contributed by atoms with Gasteiger partial charge in [-0.2, -0.15) is 13.2 Å². The van der Waals surface area contributed by atoms with E-state index in [1.54, 1.807) is 0 Å². The lowest BCUT2D eigenvalue weighted by Gasteiger charge is -2.28. The number of alkyl halides is 3. The molecule has 0 unspecified atom stereocenters. The lowest BCUT2D eigenvalue weighted by molar-refractivity contribution is -0.115. The Hall–Kier alpha value is -2.05. The SMILES string of the molecule is O=C1C=CC2=CN=C(C(F)(F)F)N3CCC(=C23)N1. The van der Waals surface area contributed by atoms with Crippen molar-refractivity contribution >= 4 is 11.7 Å². The third-order valence-corrected chi connectivity index (χ3v) is 2.94. The fourth-order valence-electron chi connectivity index (χ4n) is 2.25. The molecule has 0 radical (unpaired) electrons. The second-order valence-corrected chi connectivity index (χ2v) is 4.09. The summed E-state index contributed by atoms with van der Waals surface area (Å²) in [5.74, 6) is -1.26. The monoisotopic (exact) mass is 255 g/mol. The van der Waals surface area contributed by atoms with Gasteiger partial charge in [0.2, 0.25) is 11.7 Å². The number of allylic oxidation sites excluding steroid dienone is 1. The van der Waals surface area contributed by atoms with Gasteiger partial charge in [-0.1, -0.05) is 0 Å². The zero-order chi connectivity index (χ0) is 12.9. The number of aliphatic imine (C=N–C) groups is 1. The molecule has 0 atom stereocenters. The fraction of sp³-hybridized carbons (Fsp3) is 0.273. The lowest BCUT2D eigenvalue weighted by Crippen LogP contribution is -2.41. The van der Waals surface area contributed by atoms with E-state index in [9.17, 15) is 18.0 Å². The molecule has 0 spiro atoms. The van der Waals surface area contributed by atoms with Crippen molar-refractivity contribution in [1.29, 1.82) is 0 Å². The molecule has 3 aliphatic rings. The third-order valence-electron chi connectivity index (χ3n) is 2.94. The van der Waals surface area contributed by atoms with Crippen LogP contribution in [0.3, 0.4) is 0 Å². The highest BCUT2D eigenvalue weighted by molar-refractivity contribution is 5.95. The summed E-state index contributed by atoms with van der Waals surface area (Å²) in [5, 5.41) is 2.59. The molecule has 0 saturated carbocycles. The first-order chi connectivity index (χ1) is 8.47. The lowest BCUT2D eigenvalue weighted by atomic mass is 10.1. The number of halogens is 3. The molecule has 0 aromatic heterocycles. The maximum atomic E-state index is 12.8. The minimum absolute atomic E-state index is 0.175. The van der Waals surface area contributed by atoms with Crippen LogP contribution in [0, 0.1) is 0 Å². The van der Waals surface area contributed by atoms with Crippen molar-refractivity contribution in [3.63, 3.8) is 0 Å². The quantitative estimate of drug-likeness (QED) is 0.712. The molecule has 0 saturated heterocycles. The summed E-state index contributed by atoms with van der Waals surface area (Å²) in [7, 11) is 0. The van der Waals surface area contributed by atoms with Crippen LogP contribution in [0.25, 0.3) is 0 Å². The topological polar surface area (TPSA) is 44.7 Å². The zero-order valence-electron chi connectivity index (χ0n) is 9.08. The van der Waals surface area contributed by atoms with Crippen LogP contribution in [0.4, 0.5) is 13.2 Å². The summed E-state index contributed by atoms with van der Waals surface area (Å²) >= 11 is 0. The third kappa shape index (κ3) is 1.54. The Balaban J connectivity index is 2.13. The number of carbonyl (C=O) groups excluding carboxylic acids is 1. The molecule has 3 rings (SSSR count). The Kier molecular flexibility index (Phi) is 2.13. The van der Waals surface area contributed by atoms with Crippen LogP contribution in [0.1, 0.15) is 6.42 Å². The summed E-state index contributed by atoms with van der Waals surface area (Å²) in [6.45, 7) is 0.175. The molecule has 4 nitrogen and oxygen atoms in total. The standard InChI is InChI=1S/C11H8F3N3O/c12-11(13,14)10-15-5-6-1-2-8(18)16-7-3-4-17(10)9(6)7/h1-2,5H,3-4H2,(H,16,18). The van der Waals surface area contributed by atoms with Crippen molar-refractivity contribution in [2.45, 2.75) is 12.6 Å². The van der Waals surface area contributed by atoms with Gasteiger partial charge in [-0.3, -0.25) is 4.79 Å². The number of nitrogens with zero attached hydrogens (tertiary/aromatic N) is 2. The number of amides is 1. The molecular formula is C11H8F3N3O. The van der Waals surface area contributed by atoms with Gasteiger partial charge in [-0.25, -0.2) is 4.99 Å². The van der Waals surface area contributed by atoms with Crippen LogP contribution >= 0.6 is 0 Å². The van der Waals surface area contributed by atoms with Crippen molar-refractivity contribution in [3.8, 4) is 0 Å². The summed E-state index contributed by atoms with van der Waals surface area (Å²) in [6.07, 6.45) is -0.209. The number of carbonyl (C=O) groups is 1. The van der Waals surface area contributed by atoms with E-state index < -0.39 is 12.0 Å². The molecule has 18 heavy (non-hydrogen) atoms.